The molecule has 148 valence electrons. The Labute approximate surface area is 175 Å². The molecule has 1 aromatic carbocycles. The second-order valence-corrected chi connectivity index (χ2v) is 7.74. The molecule has 4 heterocycles. The molecule has 4 aromatic rings. The fraction of sp³-hybridized carbons (Fsp3) is 0.0909. The minimum absolute atomic E-state index is 0.0233. The van der Waals surface area contributed by atoms with Gasteiger partial charge >= 0.3 is 5.91 Å². The van der Waals surface area contributed by atoms with Crippen LogP contribution < -0.4 is 4.90 Å². The van der Waals surface area contributed by atoms with E-state index in [4.69, 9.17) is 0 Å². The number of aryl methyl sites for hydroxylation is 1. The van der Waals surface area contributed by atoms with Gasteiger partial charge in [-0.1, -0.05) is 36.4 Å². The first-order valence-corrected chi connectivity index (χ1v) is 10.2. The summed E-state index contributed by atoms with van der Waals surface area (Å²) < 4.78 is 1.71. The van der Waals surface area contributed by atoms with Crippen molar-refractivity contribution in [2.75, 3.05) is 4.90 Å². The van der Waals surface area contributed by atoms with Gasteiger partial charge in [-0.3, -0.25) is 18.9 Å². The van der Waals surface area contributed by atoms with Crippen molar-refractivity contribution in [2.24, 2.45) is 0 Å². The van der Waals surface area contributed by atoms with Gasteiger partial charge in [-0.2, -0.15) is 0 Å². The van der Waals surface area contributed by atoms with Crippen molar-refractivity contribution >= 4 is 39.6 Å². The number of hydrogen-bond acceptors (Lipinski definition) is 6. The Bertz CT molecular complexity index is 1310. The maximum atomic E-state index is 13.1. The number of benzene rings is 1. The molecule has 1 aliphatic heterocycles. The van der Waals surface area contributed by atoms with E-state index < -0.39 is 17.7 Å². The average Bonchev–Trinajstić information content (AvgIpc) is 3.45. The highest BCUT2D eigenvalue weighted by molar-refractivity contribution is 7.14. The number of aliphatic hydroxyl groups is 1. The second-order valence-electron chi connectivity index (χ2n) is 6.87. The van der Waals surface area contributed by atoms with E-state index in [9.17, 15) is 14.7 Å². The van der Waals surface area contributed by atoms with Gasteiger partial charge in [-0.05, 0) is 24.6 Å². The van der Waals surface area contributed by atoms with Crippen molar-refractivity contribution in [1.82, 2.24) is 14.4 Å². The summed E-state index contributed by atoms with van der Waals surface area (Å²) in [5.74, 6) is -1.72. The molecular formula is C22H16N4O3S. The molecule has 0 radical (unpaired) electrons. The molecule has 1 amide bonds. The molecule has 1 fully saturated rings. The number of imidazole rings is 1. The molecule has 1 unspecified atom stereocenters. The smallest absolute Gasteiger partial charge is 0.301 e. The van der Waals surface area contributed by atoms with Gasteiger partial charge in [0, 0.05) is 17.8 Å². The van der Waals surface area contributed by atoms with Crippen LogP contribution in [0.2, 0.25) is 0 Å². The van der Waals surface area contributed by atoms with Crippen LogP contribution in [0.1, 0.15) is 23.0 Å². The van der Waals surface area contributed by atoms with Crippen LogP contribution in [0.3, 0.4) is 0 Å². The summed E-state index contributed by atoms with van der Waals surface area (Å²) in [6.45, 7) is 1.76. The van der Waals surface area contributed by atoms with Crippen LogP contribution in [-0.2, 0) is 9.59 Å². The van der Waals surface area contributed by atoms with Crippen LogP contribution >= 0.6 is 11.3 Å². The van der Waals surface area contributed by atoms with Crippen molar-refractivity contribution in [1.29, 1.82) is 0 Å². The zero-order chi connectivity index (χ0) is 20.8. The third kappa shape index (κ3) is 2.65. The molecule has 8 heteroatoms. The Morgan fingerprint density at radius 1 is 1.10 bits per heavy atom. The summed E-state index contributed by atoms with van der Waals surface area (Å²) in [7, 11) is 0. The highest BCUT2D eigenvalue weighted by atomic mass is 32.1. The van der Waals surface area contributed by atoms with E-state index in [1.807, 2.05) is 48.5 Å². The van der Waals surface area contributed by atoms with Gasteiger partial charge in [-0.25, -0.2) is 9.97 Å². The van der Waals surface area contributed by atoms with E-state index in [1.165, 1.54) is 16.2 Å². The number of anilines is 1. The Hall–Kier alpha value is -3.78. The average molecular weight is 416 g/mol. The first-order valence-electron chi connectivity index (χ1n) is 9.27. The molecule has 0 spiro atoms. The number of aromatic nitrogens is 3. The Kier molecular flexibility index (Phi) is 4.22. The van der Waals surface area contributed by atoms with Gasteiger partial charge in [0.25, 0.3) is 5.78 Å². The number of pyridine rings is 1. The molecule has 1 N–H and O–H groups in total. The Balaban J connectivity index is 1.79. The van der Waals surface area contributed by atoms with Crippen molar-refractivity contribution < 1.29 is 14.7 Å². The van der Waals surface area contributed by atoms with Gasteiger partial charge in [0.2, 0.25) is 0 Å². The maximum Gasteiger partial charge on any atom is 0.301 e. The van der Waals surface area contributed by atoms with Gasteiger partial charge in [0.1, 0.15) is 11.3 Å². The van der Waals surface area contributed by atoms with E-state index in [0.29, 0.717) is 27.7 Å². The lowest BCUT2D eigenvalue weighted by molar-refractivity contribution is -0.132. The van der Waals surface area contributed by atoms with Crippen molar-refractivity contribution in [2.45, 2.75) is 13.0 Å². The van der Waals surface area contributed by atoms with E-state index in [0.717, 1.165) is 0 Å². The zero-order valence-electron chi connectivity index (χ0n) is 15.9. The molecule has 0 saturated carbocycles. The second kappa shape index (κ2) is 6.93. The number of aliphatic hydroxyl groups excluding tert-OH is 1. The lowest BCUT2D eigenvalue weighted by atomic mass is 9.96. The fourth-order valence-corrected chi connectivity index (χ4v) is 4.51. The Morgan fingerprint density at radius 3 is 2.60 bits per heavy atom. The molecule has 0 aliphatic carbocycles. The van der Waals surface area contributed by atoms with Crippen LogP contribution in [0.4, 0.5) is 5.13 Å². The van der Waals surface area contributed by atoms with Crippen LogP contribution in [0.15, 0.2) is 71.9 Å². The lowest BCUT2D eigenvalue weighted by Gasteiger charge is -2.22. The highest BCUT2D eigenvalue weighted by Gasteiger charge is 2.48. The Morgan fingerprint density at radius 2 is 1.87 bits per heavy atom. The maximum absolute atomic E-state index is 13.1. The molecule has 0 bridgehead atoms. The number of Topliss-reactive ketones (excluding diaryl/α,β-unsaturated/α-hetero) is 1. The largest absolute Gasteiger partial charge is 0.505 e. The number of ketones is 1. The molecule has 30 heavy (non-hydrogen) atoms. The van der Waals surface area contributed by atoms with E-state index in [1.54, 1.807) is 29.1 Å². The topological polar surface area (TPSA) is 87.8 Å². The van der Waals surface area contributed by atoms with E-state index >= 15 is 0 Å². The van der Waals surface area contributed by atoms with Gasteiger partial charge < -0.3 is 5.11 Å². The fourth-order valence-electron chi connectivity index (χ4n) is 3.84. The highest BCUT2D eigenvalue weighted by Crippen LogP contribution is 2.42. The zero-order valence-corrected chi connectivity index (χ0v) is 16.7. The summed E-state index contributed by atoms with van der Waals surface area (Å²) in [5.41, 5.74) is 2.33. The first kappa shape index (κ1) is 18.3. The molecule has 3 aromatic heterocycles. The number of carbonyl (C=O) groups is 2. The summed E-state index contributed by atoms with van der Waals surface area (Å²) in [6, 6.07) is 13.8. The number of carbonyl (C=O) groups excluding carboxylic acids is 2. The number of amides is 1. The quantitative estimate of drug-likeness (QED) is 0.312. The van der Waals surface area contributed by atoms with Crippen LogP contribution in [0, 0.1) is 6.92 Å². The number of fused-ring (bicyclic) bond motifs is 1. The van der Waals surface area contributed by atoms with Gasteiger partial charge in [0.05, 0.1) is 17.3 Å². The molecule has 5 rings (SSSR count). The summed E-state index contributed by atoms with van der Waals surface area (Å²) in [4.78, 5) is 36.2. The summed E-state index contributed by atoms with van der Waals surface area (Å²) in [5, 5.41) is 13.5. The number of hydrogen-bond donors (Lipinski definition) is 1. The predicted octanol–water partition coefficient (Wildman–Crippen LogP) is 3.73. The molecule has 1 aliphatic rings. The monoisotopic (exact) mass is 416 g/mol. The number of thiazole rings is 1. The third-order valence-corrected chi connectivity index (χ3v) is 5.88. The first-order chi connectivity index (χ1) is 14.6. The summed E-state index contributed by atoms with van der Waals surface area (Å²) >= 11 is 1.26. The van der Waals surface area contributed by atoms with Crippen molar-refractivity contribution in [3.8, 4) is 0 Å². The van der Waals surface area contributed by atoms with Crippen LogP contribution in [-0.4, -0.2) is 31.2 Å². The van der Waals surface area contributed by atoms with E-state index in [-0.39, 0.29) is 11.3 Å². The number of rotatable bonds is 3. The van der Waals surface area contributed by atoms with Crippen LogP contribution in [0.25, 0.3) is 11.4 Å². The van der Waals surface area contributed by atoms with Crippen molar-refractivity contribution in [3.63, 3.8) is 0 Å². The SMILES string of the molecule is Cc1nc2ccccn2c1C(O)=C1C(=O)C(=O)N(c2nccs2)C1c1ccccc1. The van der Waals surface area contributed by atoms with Crippen LogP contribution in [0.5, 0.6) is 0 Å². The normalized spacial score (nSPS) is 18.4. The van der Waals surface area contributed by atoms with Gasteiger partial charge in [-0.15, -0.1) is 11.3 Å². The molecule has 1 saturated heterocycles. The van der Waals surface area contributed by atoms with E-state index in [2.05, 4.69) is 9.97 Å². The predicted molar refractivity (Wildman–Crippen MR) is 113 cm³/mol. The minimum atomic E-state index is -0.786. The standard InChI is InChI=1S/C22H16N4O3S/c1-13-17(25-11-6-5-9-15(25)24-13)19(27)16-18(14-7-3-2-4-8-14)26(21(29)20(16)28)22-23-10-12-30-22/h2-12,18,27H,1H3. The molecular weight excluding hydrogens is 400 g/mol. The number of nitrogens with zero attached hydrogens (tertiary/aromatic N) is 4. The summed E-state index contributed by atoms with van der Waals surface area (Å²) in [6.07, 6.45) is 3.34. The van der Waals surface area contributed by atoms with Gasteiger partial charge in [0.15, 0.2) is 10.9 Å². The minimum Gasteiger partial charge on any atom is -0.505 e. The lowest BCUT2D eigenvalue weighted by Crippen LogP contribution is -2.29. The third-order valence-electron chi connectivity index (χ3n) is 5.11. The van der Waals surface area contributed by atoms with Crippen molar-refractivity contribution in [3.05, 3.63) is 88.8 Å². The molecule has 7 nitrogen and oxygen atoms in total. The molecule has 1 atom stereocenters.